The number of benzene rings is 2. The molecule has 6 atom stereocenters. The first kappa shape index (κ1) is 35.2. The molecule has 2 aromatic rings. The number of phenols is 2. The predicted molar refractivity (Wildman–Crippen MR) is 162 cm³/mol. The number of hydrogen-bond acceptors (Lipinski definition) is 13. The SMILES string of the molecule is COc1cccc2c1C(=O)c1c(O)c3c(c(O)c1C2=O)C[C@@](O)(C(C)=O)C[C@@H]3O[C@H]1C[C@H](NC(=O)/C=C(\CC(=O)O)C(=O)O)[C@H](O)[C@H](C)O1. The molecule has 1 amide bonds. The summed E-state index contributed by atoms with van der Waals surface area (Å²) in [5.41, 5.74) is -4.63. The normalized spacial score (nSPS) is 26.2. The molecule has 0 saturated carbocycles. The maximum absolute atomic E-state index is 13.8. The number of aliphatic carboxylic acids is 2. The van der Waals surface area contributed by atoms with E-state index in [0.717, 1.165) is 6.92 Å². The third kappa shape index (κ3) is 6.26. The van der Waals surface area contributed by atoms with Gasteiger partial charge in [0.25, 0.3) is 0 Å². The fraction of sp³-hybridized carbons (Fsp3) is 0.394. The number of Topliss-reactive ketones (excluding diaryl/α,β-unsaturated/α-hetero) is 1. The number of amides is 1. The number of ether oxygens (including phenoxy) is 3. The highest BCUT2D eigenvalue weighted by atomic mass is 16.7. The van der Waals surface area contributed by atoms with Gasteiger partial charge in [-0.3, -0.25) is 24.0 Å². The smallest absolute Gasteiger partial charge is 0.332 e. The number of carbonyl (C=O) groups is 6. The van der Waals surface area contributed by atoms with E-state index in [9.17, 15) is 54.3 Å². The highest BCUT2D eigenvalue weighted by molar-refractivity contribution is 6.31. The highest BCUT2D eigenvalue weighted by Crippen LogP contribution is 2.52. The molecule has 260 valence electrons. The van der Waals surface area contributed by atoms with Crippen LogP contribution in [0.5, 0.6) is 17.2 Å². The van der Waals surface area contributed by atoms with Crippen molar-refractivity contribution in [1.82, 2.24) is 5.32 Å². The van der Waals surface area contributed by atoms with Crippen molar-refractivity contribution in [3.8, 4) is 17.2 Å². The van der Waals surface area contributed by atoms with E-state index in [4.69, 9.17) is 19.3 Å². The van der Waals surface area contributed by atoms with Gasteiger partial charge in [-0.2, -0.15) is 0 Å². The lowest BCUT2D eigenvalue weighted by Gasteiger charge is -2.42. The van der Waals surface area contributed by atoms with Gasteiger partial charge in [0.05, 0.1) is 54.0 Å². The molecule has 0 bridgehead atoms. The van der Waals surface area contributed by atoms with Gasteiger partial charge in [-0.25, -0.2) is 4.79 Å². The molecule has 49 heavy (non-hydrogen) atoms. The second-order valence-corrected chi connectivity index (χ2v) is 12.1. The number of hydrogen-bond donors (Lipinski definition) is 7. The molecule has 0 spiro atoms. The Hall–Kier alpha value is -5.16. The third-order valence-electron chi connectivity index (χ3n) is 9.00. The molecule has 0 aromatic heterocycles. The minimum Gasteiger partial charge on any atom is -0.507 e. The van der Waals surface area contributed by atoms with E-state index < -0.39 is 119 Å². The van der Waals surface area contributed by atoms with Crippen molar-refractivity contribution in [2.75, 3.05) is 7.11 Å². The summed E-state index contributed by atoms with van der Waals surface area (Å²) >= 11 is 0. The first-order chi connectivity index (χ1) is 23.0. The fourth-order valence-electron chi connectivity index (χ4n) is 6.50. The fourth-order valence-corrected chi connectivity index (χ4v) is 6.50. The van der Waals surface area contributed by atoms with Crippen LogP contribution in [-0.4, -0.2) is 103 Å². The van der Waals surface area contributed by atoms with Crippen LogP contribution in [0.15, 0.2) is 29.8 Å². The van der Waals surface area contributed by atoms with Crippen LogP contribution in [0.25, 0.3) is 0 Å². The van der Waals surface area contributed by atoms with Gasteiger partial charge in [0.2, 0.25) is 11.7 Å². The molecule has 5 rings (SSSR count). The Morgan fingerprint density at radius 2 is 1.73 bits per heavy atom. The number of carboxylic acid groups (broad SMARTS) is 2. The van der Waals surface area contributed by atoms with E-state index >= 15 is 0 Å². The van der Waals surface area contributed by atoms with Crippen molar-refractivity contribution in [3.63, 3.8) is 0 Å². The van der Waals surface area contributed by atoms with Gasteiger partial charge in [0.15, 0.2) is 17.9 Å². The van der Waals surface area contributed by atoms with Gasteiger partial charge in [-0.1, -0.05) is 12.1 Å². The van der Waals surface area contributed by atoms with Crippen molar-refractivity contribution >= 4 is 35.2 Å². The number of ketones is 3. The zero-order valence-electron chi connectivity index (χ0n) is 26.4. The van der Waals surface area contributed by atoms with Crippen molar-refractivity contribution in [2.24, 2.45) is 0 Å². The van der Waals surface area contributed by atoms with Crippen LogP contribution in [-0.2, 0) is 35.1 Å². The van der Waals surface area contributed by atoms with Gasteiger partial charge >= 0.3 is 11.9 Å². The number of aliphatic hydroxyl groups is 2. The lowest BCUT2D eigenvalue weighted by atomic mass is 9.72. The molecule has 1 aliphatic heterocycles. The number of carboxylic acids is 2. The summed E-state index contributed by atoms with van der Waals surface area (Å²) in [6.07, 6.45) is -6.94. The number of fused-ring (bicyclic) bond motifs is 3. The van der Waals surface area contributed by atoms with E-state index in [-0.39, 0.29) is 34.4 Å². The van der Waals surface area contributed by atoms with Crippen LogP contribution < -0.4 is 10.1 Å². The van der Waals surface area contributed by atoms with E-state index in [0.29, 0.717) is 6.08 Å². The molecule has 0 unspecified atom stereocenters. The number of carbonyl (C=O) groups excluding carboxylic acids is 4. The lowest BCUT2D eigenvalue weighted by molar-refractivity contribution is -0.249. The molecule has 1 heterocycles. The number of rotatable bonds is 9. The number of aromatic hydroxyl groups is 2. The minimum atomic E-state index is -2.17. The Kier molecular flexibility index (Phi) is 9.35. The second kappa shape index (κ2) is 13.0. The molecule has 16 heteroatoms. The maximum Gasteiger partial charge on any atom is 0.332 e. The van der Waals surface area contributed by atoms with Crippen LogP contribution in [0.4, 0.5) is 0 Å². The van der Waals surface area contributed by atoms with Gasteiger partial charge in [-0.05, 0) is 19.9 Å². The van der Waals surface area contributed by atoms with Crippen LogP contribution in [0.1, 0.15) is 82.2 Å². The average Bonchev–Trinajstić information content (AvgIpc) is 3.02. The highest BCUT2D eigenvalue weighted by Gasteiger charge is 2.49. The average molecular weight is 684 g/mol. The Balaban J connectivity index is 1.53. The molecule has 3 aliphatic rings. The van der Waals surface area contributed by atoms with Gasteiger partial charge in [0.1, 0.15) is 29.0 Å². The summed E-state index contributed by atoms with van der Waals surface area (Å²) in [4.78, 5) is 75.2. The summed E-state index contributed by atoms with van der Waals surface area (Å²) in [5.74, 6) is -7.99. The zero-order valence-corrected chi connectivity index (χ0v) is 26.4. The number of nitrogens with one attached hydrogen (secondary N) is 1. The molecule has 0 radical (unpaired) electrons. The van der Waals surface area contributed by atoms with Crippen LogP contribution in [0.3, 0.4) is 0 Å². The Morgan fingerprint density at radius 3 is 2.35 bits per heavy atom. The van der Waals surface area contributed by atoms with E-state index in [2.05, 4.69) is 5.32 Å². The van der Waals surface area contributed by atoms with Crippen LogP contribution in [0, 0.1) is 0 Å². The number of phenolic OH excluding ortho intramolecular Hbond substituents is 2. The number of methoxy groups -OCH3 is 1. The first-order valence-corrected chi connectivity index (χ1v) is 15.0. The van der Waals surface area contributed by atoms with Crippen molar-refractivity contribution in [1.29, 1.82) is 0 Å². The van der Waals surface area contributed by atoms with Crippen molar-refractivity contribution in [3.05, 3.63) is 63.2 Å². The molecular formula is C33H33NO15. The predicted octanol–water partition coefficient (Wildman–Crippen LogP) is 0.672. The molecule has 1 saturated heterocycles. The maximum atomic E-state index is 13.8. The lowest BCUT2D eigenvalue weighted by Crippen LogP contribution is -2.55. The quantitative estimate of drug-likeness (QED) is 0.121. The van der Waals surface area contributed by atoms with Gasteiger partial charge in [0, 0.05) is 42.0 Å². The summed E-state index contributed by atoms with van der Waals surface area (Å²) in [6.45, 7) is 2.52. The minimum absolute atomic E-state index is 0.0429. The van der Waals surface area contributed by atoms with Crippen molar-refractivity contribution in [2.45, 2.75) is 75.8 Å². The zero-order chi connectivity index (χ0) is 36.1. The molecule has 1 fully saturated rings. The van der Waals surface area contributed by atoms with Crippen LogP contribution in [0.2, 0.25) is 0 Å². The molecule has 2 aromatic carbocycles. The molecule has 2 aliphatic carbocycles. The summed E-state index contributed by atoms with van der Waals surface area (Å²) in [6, 6.07) is 3.11. The van der Waals surface area contributed by atoms with Gasteiger partial charge < -0.3 is 50.2 Å². The van der Waals surface area contributed by atoms with E-state index in [1.165, 1.54) is 32.2 Å². The van der Waals surface area contributed by atoms with Crippen LogP contribution >= 0.6 is 0 Å². The summed E-state index contributed by atoms with van der Waals surface area (Å²) < 4.78 is 17.2. The Morgan fingerprint density at radius 1 is 1.06 bits per heavy atom. The summed E-state index contributed by atoms with van der Waals surface area (Å²) in [5, 5.41) is 65.8. The largest absolute Gasteiger partial charge is 0.507 e. The monoisotopic (exact) mass is 683 g/mol. The molecule has 7 N–H and O–H groups in total. The number of aliphatic hydroxyl groups excluding tert-OH is 1. The summed E-state index contributed by atoms with van der Waals surface area (Å²) in [7, 11) is 1.29. The topological polar surface area (TPSA) is 264 Å². The third-order valence-corrected chi connectivity index (χ3v) is 9.00. The standard InChI is InChI=1S/C33H33NO15/c1-12-27(39)17(34-20(36)7-14(32(44)45)8-21(37)38)9-22(48-12)49-19-11-33(46,13(2)35)10-16-24(19)31(43)26-25(29(16)41)28(40)15-5-4-6-18(47-3)23(15)30(26)42/h4-7,12,17,19,22,27,39,41,43,46H,8-11H2,1-3H3,(H,34,36)(H,37,38)(H,44,45)/b14-7+/t12-,17-,19-,22-,27+,33-/m0/s1. The molecule has 16 nitrogen and oxygen atoms in total. The van der Waals surface area contributed by atoms with Crippen molar-refractivity contribution < 1.29 is 73.6 Å². The molecular weight excluding hydrogens is 650 g/mol. The van der Waals surface area contributed by atoms with E-state index in [1.54, 1.807) is 0 Å². The second-order valence-electron chi connectivity index (χ2n) is 12.1. The Labute approximate surface area is 277 Å². The Bertz CT molecular complexity index is 1830. The first-order valence-electron chi connectivity index (χ1n) is 15.0. The van der Waals surface area contributed by atoms with Gasteiger partial charge in [-0.15, -0.1) is 0 Å². The van der Waals surface area contributed by atoms with E-state index in [1.807, 2.05) is 0 Å².